The molecule has 1 fully saturated rings. The minimum Gasteiger partial charge on any atom is -0.380 e. The first-order valence-electron chi connectivity index (χ1n) is 11.1. The van der Waals surface area contributed by atoms with Crippen molar-refractivity contribution < 1.29 is 9.47 Å². The summed E-state index contributed by atoms with van der Waals surface area (Å²) in [4.78, 5) is 16.6. The van der Waals surface area contributed by atoms with Gasteiger partial charge < -0.3 is 25.0 Å². The molecule has 3 aromatic rings. The van der Waals surface area contributed by atoms with Crippen molar-refractivity contribution in [1.82, 2.24) is 30.0 Å². The van der Waals surface area contributed by atoms with Crippen LogP contribution in [0.1, 0.15) is 25.1 Å². The summed E-state index contributed by atoms with van der Waals surface area (Å²) in [5.41, 5.74) is 3.52. The Morgan fingerprint density at radius 3 is 2.79 bits per heavy atom. The molecule has 12 heteroatoms. The average Bonchev–Trinajstić information content (AvgIpc) is 3.12. The fraction of sp³-hybridized carbons (Fsp3) is 0.545. The van der Waals surface area contributed by atoms with E-state index in [1.165, 1.54) is 0 Å². The van der Waals surface area contributed by atoms with E-state index in [2.05, 4.69) is 27.4 Å². The van der Waals surface area contributed by atoms with E-state index in [-0.39, 0.29) is 24.8 Å². The standard InChI is InChI=1S/C22H32N8O2.2ClH/c1-5-32-11-10-30-20-19(17(28-30)14-31-4)26-22(29-9-8-23-16(3)13-29)27-21(20)25-18-12-15(2)6-7-24-18;;/h6-7,12,16,23H,5,8-11,13-14H2,1-4H3,(H,24,25,26,27);2*1H. The summed E-state index contributed by atoms with van der Waals surface area (Å²) in [6.07, 6.45) is 1.79. The number of halogens is 2. The highest BCUT2D eigenvalue weighted by molar-refractivity contribution is 5.90. The molecular formula is C22H34Cl2N8O2. The smallest absolute Gasteiger partial charge is 0.228 e. The SMILES string of the molecule is CCOCCn1nc(COC)c2nc(N3CCNC(C)C3)nc(Nc3cc(C)ccn3)c21.Cl.Cl. The van der Waals surface area contributed by atoms with E-state index in [0.717, 1.165) is 47.7 Å². The van der Waals surface area contributed by atoms with Crippen LogP contribution in [0.25, 0.3) is 11.0 Å². The van der Waals surface area contributed by atoms with Gasteiger partial charge in [-0.1, -0.05) is 0 Å². The summed E-state index contributed by atoms with van der Waals surface area (Å²) in [5.74, 6) is 2.10. The lowest BCUT2D eigenvalue weighted by Crippen LogP contribution is -2.49. The molecule has 2 N–H and O–H groups in total. The Balaban J connectivity index is 0.00000204. The van der Waals surface area contributed by atoms with E-state index in [4.69, 9.17) is 24.5 Å². The van der Waals surface area contributed by atoms with E-state index >= 15 is 0 Å². The number of anilines is 3. The maximum absolute atomic E-state index is 5.58. The monoisotopic (exact) mass is 512 g/mol. The number of nitrogens with zero attached hydrogens (tertiary/aromatic N) is 6. The molecule has 0 bridgehead atoms. The number of hydrogen-bond donors (Lipinski definition) is 2. The number of nitrogens with one attached hydrogen (secondary N) is 2. The minimum absolute atomic E-state index is 0. The lowest BCUT2D eigenvalue weighted by Gasteiger charge is -2.32. The zero-order valence-corrected chi connectivity index (χ0v) is 21.7. The zero-order chi connectivity index (χ0) is 22.5. The summed E-state index contributed by atoms with van der Waals surface area (Å²) in [6.45, 7) is 10.9. The van der Waals surface area contributed by atoms with Crippen LogP contribution in [0.3, 0.4) is 0 Å². The number of piperazine rings is 1. The van der Waals surface area contributed by atoms with Crippen LogP contribution in [-0.2, 0) is 22.6 Å². The van der Waals surface area contributed by atoms with Crippen LogP contribution >= 0.6 is 24.8 Å². The van der Waals surface area contributed by atoms with Gasteiger partial charge in [-0.05, 0) is 38.5 Å². The Hall–Kier alpha value is -2.24. The Labute approximate surface area is 212 Å². The number of pyridine rings is 1. The van der Waals surface area contributed by atoms with Gasteiger partial charge in [-0.2, -0.15) is 10.1 Å². The molecule has 4 heterocycles. The van der Waals surface area contributed by atoms with Crippen molar-refractivity contribution in [1.29, 1.82) is 0 Å². The summed E-state index contributed by atoms with van der Waals surface area (Å²) in [7, 11) is 1.67. The first-order valence-corrected chi connectivity index (χ1v) is 11.1. The molecule has 0 aliphatic carbocycles. The second-order valence-electron chi connectivity index (χ2n) is 8.01. The predicted molar refractivity (Wildman–Crippen MR) is 139 cm³/mol. The molecule has 1 unspecified atom stereocenters. The molecule has 0 aromatic carbocycles. The Kier molecular flexibility index (Phi) is 10.7. The molecule has 34 heavy (non-hydrogen) atoms. The number of aromatic nitrogens is 5. The van der Waals surface area contributed by atoms with Crippen LogP contribution in [0.4, 0.5) is 17.6 Å². The molecule has 0 spiro atoms. The van der Waals surface area contributed by atoms with Gasteiger partial charge in [0.2, 0.25) is 5.95 Å². The predicted octanol–water partition coefficient (Wildman–Crippen LogP) is 3.10. The molecule has 0 radical (unpaired) electrons. The van der Waals surface area contributed by atoms with E-state index < -0.39 is 0 Å². The van der Waals surface area contributed by atoms with Gasteiger partial charge in [-0.15, -0.1) is 24.8 Å². The Bertz CT molecular complexity index is 1060. The molecule has 1 saturated heterocycles. The lowest BCUT2D eigenvalue weighted by molar-refractivity contribution is 0.136. The van der Waals surface area contributed by atoms with Crippen molar-refractivity contribution in [2.45, 2.75) is 40.0 Å². The number of ether oxygens (including phenoxy) is 2. The number of rotatable bonds is 9. The molecule has 3 aromatic heterocycles. The molecular weight excluding hydrogens is 479 g/mol. The molecule has 1 atom stereocenters. The third kappa shape index (κ3) is 6.45. The summed E-state index contributed by atoms with van der Waals surface area (Å²) < 4.78 is 12.9. The average molecular weight is 513 g/mol. The van der Waals surface area contributed by atoms with Crippen molar-refractivity contribution in [2.24, 2.45) is 0 Å². The molecule has 0 amide bonds. The normalized spacial score (nSPS) is 15.6. The van der Waals surface area contributed by atoms with E-state index in [1.807, 2.05) is 30.7 Å². The molecule has 10 nitrogen and oxygen atoms in total. The second kappa shape index (κ2) is 13.0. The Morgan fingerprint density at radius 2 is 2.09 bits per heavy atom. The Morgan fingerprint density at radius 1 is 1.26 bits per heavy atom. The summed E-state index contributed by atoms with van der Waals surface area (Å²) in [5, 5.41) is 11.7. The van der Waals surface area contributed by atoms with Gasteiger partial charge in [-0.3, -0.25) is 4.68 Å². The minimum atomic E-state index is 0. The summed E-state index contributed by atoms with van der Waals surface area (Å²) >= 11 is 0. The van der Waals surface area contributed by atoms with Crippen molar-refractivity contribution >= 4 is 53.4 Å². The number of hydrogen-bond acceptors (Lipinski definition) is 9. The van der Waals surface area contributed by atoms with Gasteiger partial charge in [0, 0.05) is 45.6 Å². The highest BCUT2D eigenvalue weighted by atomic mass is 35.5. The maximum Gasteiger partial charge on any atom is 0.228 e. The van der Waals surface area contributed by atoms with Gasteiger partial charge in [0.25, 0.3) is 0 Å². The molecule has 1 aliphatic rings. The van der Waals surface area contributed by atoms with Crippen LogP contribution < -0.4 is 15.5 Å². The van der Waals surface area contributed by atoms with Crippen LogP contribution in [0.5, 0.6) is 0 Å². The van der Waals surface area contributed by atoms with Crippen LogP contribution in [0.2, 0.25) is 0 Å². The largest absolute Gasteiger partial charge is 0.380 e. The molecule has 0 saturated carbocycles. The zero-order valence-electron chi connectivity index (χ0n) is 20.1. The number of methoxy groups -OCH3 is 1. The second-order valence-corrected chi connectivity index (χ2v) is 8.01. The van der Waals surface area contributed by atoms with Crippen molar-refractivity contribution in [2.75, 3.05) is 50.2 Å². The van der Waals surface area contributed by atoms with Gasteiger partial charge in [0.05, 0.1) is 19.8 Å². The van der Waals surface area contributed by atoms with Crippen LogP contribution in [0.15, 0.2) is 18.3 Å². The number of aryl methyl sites for hydroxylation is 1. The van der Waals surface area contributed by atoms with Gasteiger partial charge in [0.1, 0.15) is 22.5 Å². The first kappa shape index (κ1) is 28.0. The topological polar surface area (TPSA) is 102 Å². The van der Waals surface area contributed by atoms with Gasteiger partial charge >= 0.3 is 0 Å². The third-order valence-electron chi connectivity index (χ3n) is 5.39. The maximum atomic E-state index is 5.58. The van der Waals surface area contributed by atoms with Gasteiger partial charge in [-0.25, -0.2) is 9.97 Å². The summed E-state index contributed by atoms with van der Waals surface area (Å²) in [6, 6.07) is 4.33. The molecule has 4 rings (SSSR count). The van der Waals surface area contributed by atoms with E-state index in [0.29, 0.717) is 44.2 Å². The molecule has 1 aliphatic heterocycles. The molecule has 188 valence electrons. The van der Waals surface area contributed by atoms with Crippen molar-refractivity contribution in [3.8, 4) is 0 Å². The van der Waals surface area contributed by atoms with Crippen LogP contribution in [-0.4, -0.2) is 70.7 Å². The fourth-order valence-electron chi connectivity index (χ4n) is 3.89. The van der Waals surface area contributed by atoms with Crippen LogP contribution in [0, 0.1) is 6.92 Å². The quantitative estimate of drug-likeness (QED) is 0.418. The van der Waals surface area contributed by atoms with Crippen molar-refractivity contribution in [3.05, 3.63) is 29.6 Å². The third-order valence-corrected chi connectivity index (χ3v) is 5.39. The van der Waals surface area contributed by atoms with Gasteiger partial charge in [0.15, 0.2) is 5.82 Å². The number of fused-ring (bicyclic) bond motifs is 1. The van der Waals surface area contributed by atoms with E-state index in [1.54, 1.807) is 13.3 Å². The van der Waals surface area contributed by atoms with E-state index in [9.17, 15) is 0 Å². The first-order chi connectivity index (χ1) is 15.6. The fourth-order valence-corrected chi connectivity index (χ4v) is 3.89. The van der Waals surface area contributed by atoms with Crippen molar-refractivity contribution in [3.63, 3.8) is 0 Å². The highest BCUT2D eigenvalue weighted by Gasteiger charge is 2.24. The highest BCUT2D eigenvalue weighted by Crippen LogP contribution is 2.29. The lowest BCUT2D eigenvalue weighted by atomic mass is 10.2.